The standard InChI is InChI=1S/C23H18N4O2/c1-28-16-7-3-14(4-8-16)18-11-20-21-13-24-26-23(21)27-25-22(20)12-19(18)15-5-9-17(29-2)10-6-15/h3-13H,1-2H3,(H,24,26,27). The van der Waals surface area contributed by atoms with Gasteiger partial charge in [0, 0.05) is 5.39 Å². The van der Waals surface area contributed by atoms with Gasteiger partial charge in [0.15, 0.2) is 5.65 Å². The number of hydrogen-bond acceptors (Lipinski definition) is 5. The maximum absolute atomic E-state index is 5.32. The van der Waals surface area contributed by atoms with Crippen LogP contribution in [0.4, 0.5) is 0 Å². The Morgan fingerprint density at radius 1 is 0.690 bits per heavy atom. The first kappa shape index (κ1) is 17.2. The second-order valence-electron chi connectivity index (χ2n) is 6.70. The van der Waals surface area contributed by atoms with Gasteiger partial charge >= 0.3 is 0 Å². The summed E-state index contributed by atoms with van der Waals surface area (Å²) in [7, 11) is 3.34. The fourth-order valence-corrected chi connectivity index (χ4v) is 3.56. The van der Waals surface area contributed by atoms with Crippen LogP contribution in [0.15, 0.2) is 66.9 Å². The molecule has 0 saturated carbocycles. The predicted octanol–water partition coefficient (Wildman–Crippen LogP) is 4.86. The van der Waals surface area contributed by atoms with Crippen LogP contribution in [0.5, 0.6) is 11.5 Å². The monoisotopic (exact) mass is 382 g/mol. The van der Waals surface area contributed by atoms with E-state index in [0.29, 0.717) is 5.65 Å². The highest BCUT2D eigenvalue weighted by Crippen LogP contribution is 2.37. The van der Waals surface area contributed by atoms with Gasteiger partial charge < -0.3 is 9.47 Å². The molecule has 0 radical (unpaired) electrons. The summed E-state index contributed by atoms with van der Waals surface area (Å²) in [6.07, 6.45) is 1.79. The lowest BCUT2D eigenvalue weighted by Gasteiger charge is -2.13. The summed E-state index contributed by atoms with van der Waals surface area (Å²) < 4.78 is 10.6. The summed E-state index contributed by atoms with van der Waals surface area (Å²) in [4.78, 5) is 0. The summed E-state index contributed by atoms with van der Waals surface area (Å²) in [6.45, 7) is 0. The summed E-state index contributed by atoms with van der Waals surface area (Å²) in [5.74, 6) is 1.64. The van der Waals surface area contributed by atoms with E-state index < -0.39 is 0 Å². The number of benzene rings is 3. The molecule has 0 fully saturated rings. The molecule has 1 N–H and O–H groups in total. The average molecular weight is 382 g/mol. The van der Waals surface area contributed by atoms with Crippen LogP contribution in [0.25, 0.3) is 44.2 Å². The molecule has 0 aliphatic rings. The quantitative estimate of drug-likeness (QED) is 0.481. The minimum atomic E-state index is 0.676. The highest BCUT2D eigenvalue weighted by Gasteiger charge is 2.14. The number of hydrogen-bond donors (Lipinski definition) is 1. The fraction of sp³-hybridized carbons (Fsp3) is 0.0870. The third-order valence-electron chi connectivity index (χ3n) is 5.11. The molecule has 3 aromatic carbocycles. The van der Waals surface area contributed by atoms with Gasteiger partial charge in [0.1, 0.15) is 11.5 Å². The molecule has 5 rings (SSSR count). The predicted molar refractivity (Wildman–Crippen MR) is 113 cm³/mol. The van der Waals surface area contributed by atoms with Gasteiger partial charge in [-0.3, -0.25) is 5.10 Å². The van der Waals surface area contributed by atoms with Gasteiger partial charge in [0.25, 0.3) is 0 Å². The van der Waals surface area contributed by atoms with E-state index in [1.165, 1.54) is 0 Å². The fourth-order valence-electron chi connectivity index (χ4n) is 3.56. The molecule has 142 valence electrons. The Morgan fingerprint density at radius 2 is 1.28 bits per heavy atom. The van der Waals surface area contributed by atoms with Crippen LogP contribution in [0.1, 0.15) is 0 Å². The normalized spacial score (nSPS) is 11.1. The van der Waals surface area contributed by atoms with E-state index in [2.05, 4.69) is 56.8 Å². The van der Waals surface area contributed by atoms with E-state index in [0.717, 1.165) is 50.0 Å². The Hall–Kier alpha value is -3.93. The van der Waals surface area contributed by atoms with Crippen LogP contribution in [-0.2, 0) is 0 Å². The van der Waals surface area contributed by atoms with Crippen LogP contribution >= 0.6 is 0 Å². The summed E-state index contributed by atoms with van der Waals surface area (Å²) in [5, 5.41) is 17.6. The minimum absolute atomic E-state index is 0.676. The van der Waals surface area contributed by atoms with E-state index in [9.17, 15) is 0 Å². The van der Waals surface area contributed by atoms with Crippen molar-refractivity contribution in [3.63, 3.8) is 0 Å². The lowest BCUT2D eigenvalue weighted by Crippen LogP contribution is -1.92. The van der Waals surface area contributed by atoms with Crippen LogP contribution in [0, 0.1) is 0 Å². The third-order valence-corrected chi connectivity index (χ3v) is 5.11. The Morgan fingerprint density at radius 3 is 1.86 bits per heavy atom. The molecular formula is C23H18N4O2. The molecule has 0 unspecified atom stereocenters. The summed E-state index contributed by atoms with van der Waals surface area (Å²) >= 11 is 0. The van der Waals surface area contributed by atoms with Gasteiger partial charge in [-0.15, -0.1) is 10.2 Å². The van der Waals surface area contributed by atoms with Crippen LogP contribution in [0.2, 0.25) is 0 Å². The molecule has 0 atom stereocenters. The van der Waals surface area contributed by atoms with Crippen LogP contribution < -0.4 is 9.47 Å². The minimum Gasteiger partial charge on any atom is -0.497 e. The zero-order valence-corrected chi connectivity index (χ0v) is 16.0. The van der Waals surface area contributed by atoms with Crippen molar-refractivity contribution < 1.29 is 9.47 Å². The van der Waals surface area contributed by atoms with E-state index in [-0.39, 0.29) is 0 Å². The number of nitrogens with zero attached hydrogens (tertiary/aromatic N) is 3. The molecule has 0 aliphatic heterocycles. The number of aromatic amines is 1. The van der Waals surface area contributed by atoms with E-state index >= 15 is 0 Å². The van der Waals surface area contributed by atoms with Crippen molar-refractivity contribution in [1.29, 1.82) is 0 Å². The first-order chi connectivity index (χ1) is 14.3. The second kappa shape index (κ2) is 6.91. The highest BCUT2D eigenvalue weighted by molar-refractivity contribution is 6.06. The molecule has 0 saturated heterocycles. The Kier molecular flexibility index (Phi) is 4.09. The van der Waals surface area contributed by atoms with Gasteiger partial charge in [-0.2, -0.15) is 5.10 Å². The van der Waals surface area contributed by atoms with Crippen LogP contribution in [-0.4, -0.2) is 34.6 Å². The molecule has 2 heterocycles. The number of rotatable bonds is 4. The zero-order chi connectivity index (χ0) is 19.8. The molecular weight excluding hydrogens is 364 g/mol. The maximum Gasteiger partial charge on any atom is 0.178 e. The Labute approximate surface area is 167 Å². The Bertz CT molecular complexity index is 1310. The van der Waals surface area contributed by atoms with Gasteiger partial charge in [-0.05, 0) is 58.7 Å². The number of fused-ring (bicyclic) bond motifs is 3. The number of nitrogens with one attached hydrogen (secondary N) is 1. The van der Waals surface area contributed by atoms with Crippen molar-refractivity contribution in [2.75, 3.05) is 14.2 Å². The first-order valence-electron chi connectivity index (χ1n) is 9.19. The van der Waals surface area contributed by atoms with Crippen molar-refractivity contribution >= 4 is 21.9 Å². The topological polar surface area (TPSA) is 72.9 Å². The SMILES string of the molecule is COc1ccc(-c2cc3nnc4[nH]ncc4c3cc2-c2ccc(OC)cc2)cc1. The highest BCUT2D eigenvalue weighted by atomic mass is 16.5. The zero-order valence-electron chi connectivity index (χ0n) is 16.0. The molecule has 0 amide bonds. The average Bonchev–Trinajstić information content (AvgIpc) is 3.28. The molecule has 2 aromatic heterocycles. The smallest absolute Gasteiger partial charge is 0.178 e. The number of methoxy groups -OCH3 is 2. The van der Waals surface area contributed by atoms with Gasteiger partial charge in [-0.1, -0.05) is 24.3 Å². The molecule has 5 aromatic rings. The third kappa shape index (κ3) is 2.95. The molecule has 6 heteroatoms. The van der Waals surface area contributed by atoms with Gasteiger partial charge in [0.05, 0.1) is 31.3 Å². The van der Waals surface area contributed by atoms with Crippen molar-refractivity contribution in [3.8, 4) is 33.8 Å². The van der Waals surface area contributed by atoms with Crippen molar-refractivity contribution in [2.24, 2.45) is 0 Å². The van der Waals surface area contributed by atoms with Gasteiger partial charge in [-0.25, -0.2) is 0 Å². The van der Waals surface area contributed by atoms with Gasteiger partial charge in [0.2, 0.25) is 0 Å². The van der Waals surface area contributed by atoms with E-state index in [1.807, 2.05) is 24.3 Å². The van der Waals surface area contributed by atoms with E-state index in [4.69, 9.17) is 9.47 Å². The van der Waals surface area contributed by atoms with Crippen molar-refractivity contribution in [1.82, 2.24) is 20.4 Å². The van der Waals surface area contributed by atoms with Crippen LogP contribution in [0.3, 0.4) is 0 Å². The molecule has 6 nitrogen and oxygen atoms in total. The summed E-state index contributed by atoms with van der Waals surface area (Å²) in [5.41, 5.74) is 5.83. The molecule has 29 heavy (non-hydrogen) atoms. The largest absolute Gasteiger partial charge is 0.497 e. The van der Waals surface area contributed by atoms with Crippen molar-refractivity contribution in [2.45, 2.75) is 0 Å². The maximum atomic E-state index is 5.32. The van der Waals surface area contributed by atoms with E-state index in [1.54, 1.807) is 20.4 Å². The summed E-state index contributed by atoms with van der Waals surface area (Å²) in [6, 6.07) is 20.3. The van der Waals surface area contributed by atoms with Crippen molar-refractivity contribution in [3.05, 3.63) is 66.9 Å². The number of aromatic nitrogens is 4. The second-order valence-corrected chi connectivity index (χ2v) is 6.70. The number of H-pyrrole nitrogens is 1. The molecule has 0 spiro atoms. The lowest BCUT2D eigenvalue weighted by atomic mass is 9.92. The first-order valence-corrected chi connectivity index (χ1v) is 9.19. The Balaban J connectivity index is 1.79. The number of ether oxygens (including phenoxy) is 2. The lowest BCUT2D eigenvalue weighted by molar-refractivity contribution is 0.414. The molecule has 0 aliphatic carbocycles. The molecule has 0 bridgehead atoms.